The first kappa shape index (κ1) is 14.6. The molecule has 3 aromatic rings. The Balaban J connectivity index is 1.68. The molecule has 0 fully saturated rings. The van der Waals surface area contributed by atoms with E-state index in [4.69, 9.17) is 9.68 Å². The number of hydrogen-bond donors (Lipinski definition) is 1. The molecular formula is C15H12BrN5OS. The van der Waals surface area contributed by atoms with E-state index in [0.29, 0.717) is 11.4 Å². The van der Waals surface area contributed by atoms with Gasteiger partial charge in [0, 0.05) is 35.8 Å². The number of furan rings is 1. The number of likely N-dealkylation sites (N-methyl/N-ethyl adjacent to an activating group) is 1. The lowest BCUT2D eigenvalue weighted by Crippen LogP contribution is -2.25. The van der Waals surface area contributed by atoms with E-state index in [1.807, 2.05) is 6.07 Å². The molecule has 0 amide bonds. The lowest BCUT2D eigenvalue weighted by atomic mass is 10.2. The summed E-state index contributed by atoms with van der Waals surface area (Å²) in [4.78, 5) is 12.6. The van der Waals surface area contributed by atoms with E-state index in [9.17, 15) is 0 Å². The van der Waals surface area contributed by atoms with Gasteiger partial charge in [0.05, 0.1) is 16.4 Å². The zero-order valence-electron chi connectivity index (χ0n) is 12.3. The third kappa shape index (κ3) is 2.61. The van der Waals surface area contributed by atoms with Gasteiger partial charge in [-0.3, -0.25) is 0 Å². The predicted molar refractivity (Wildman–Crippen MR) is 91.9 cm³/mol. The van der Waals surface area contributed by atoms with Gasteiger partial charge in [-0.2, -0.15) is 5.26 Å². The van der Waals surface area contributed by atoms with Crippen molar-refractivity contribution in [3.63, 3.8) is 0 Å². The number of hydrogen-bond acceptors (Lipinski definition) is 7. The Hall–Kier alpha value is -1.95. The molecule has 0 atom stereocenters. The second-order valence-corrected chi connectivity index (χ2v) is 7.30. The Morgan fingerprint density at radius 2 is 2.39 bits per heavy atom. The van der Waals surface area contributed by atoms with Gasteiger partial charge in [-0.05, 0) is 23.0 Å². The molecule has 0 radical (unpaired) electrons. The first-order valence-corrected chi connectivity index (χ1v) is 8.67. The number of anilines is 2. The zero-order valence-corrected chi connectivity index (χ0v) is 14.7. The van der Waals surface area contributed by atoms with E-state index < -0.39 is 0 Å². The van der Waals surface area contributed by atoms with E-state index >= 15 is 0 Å². The number of thiazole rings is 1. The minimum atomic E-state index is 0.271. The molecule has 4 heterocycles. The Bertz CT molecular complexity index is 941. The van der Waals surface area contributed by atoms with Crippen LogP contribution in [0.4, 0.5) is 10.9 Å². The van der Waals surface area contributed by atoms with Crippen molar-refractivity contribution in [1.82, 2.24) is 14.9 Å². The normalized spacial score (nSPS) is 14.7. The van der Waals surface area contributed by atoms with Crippen molar-refractivity contribution in [2.45, 2.75) is 13.0 Å². The fourth-order valence-electron chi connectivity index (χ4n) is 2.60. The van der Waals surface area contributed by atoms with Crippen molar-refractivity contribution < 1.29 is 4.42 Å². The standard InChI is InChI=1S/C15H12BrN5OS/c1-21-3-2-10-12(7-21)23-15(19-10)20-14-13(16)9-4-8(5-17)22-11(9)6-18-14/h4,6H,2-3,7H2,1H3,(H,18,19,20). The molecule has 116 valence electrons. The third-order valence-electron chi connectivity index (χ3n) is 3.77. The Kier molecular flexibility index (Phi) is 3.56. The number of nitriles is 1. The van der Waals surface area contributed by atoms with Crippen molar-refractivity contribution in [3.05, 3.63) is 33.1 Å². The van der Waals surface area contributed by atoms with Crippen LogP contribution in [0.5, 0.6) is 0 Å². The molecule has 0 bridgehead atoms. The molecule has 6 nitrogen and oxygen atoms in total. The van der Waals surface area contributed by atoms with Gasteiger partial charge in [0.15, 0.2) is 10.7 Å². The molecule has 3 aromatic heterocycles. The van der Waals surface area contributed by atoms with E-state index in [1.54, 1.807) is 23.6 Å². The summed E-state index contributed by atoms with van der Waals surface area (Å²) in [6, 6.07) is 3.70. The van der Waals surface area contributed by atoms with E-state index in [0.717, 1.165) is 34.5 Å². The topological polar surface area (TPSA) is 78.0 Å². The molecule has 0 spiro atoms. The lowest BCUT2D eigenvalue weighted by Gasteiger charge is -2.20. The maximum Gasteiger partial charge on any atom is 0.204 e. The molecule has 1 N–H and O–H groups in total. The first-order valence-electron chi connectivity index (χ1n) is 7.06. The van der Waals surface area contributed by atoms with Crippen molar-refractivity contribution in [3.8, 4) is 6.07 Å². The summed E-state index contributed by atoms with van der Waals surface area (Å²) in [5, 5.41) is 13.9. The van der Waals surface area contributed by atoms with Crippen molar-refractivity contribution >= 4 is 49.2 Å². The summed E-state index contributed by atoms with van der Waals surface area (Å²) in [5.41, 5.74) is 1.75. The van der Waals surface area contributed by atoms with E-state index in [2.05, 4.69) is 43.2 Å². The van der Waals surface area contributed by atoms with E-state index in [-0.39, 0.29) is 5.76 Å². The largest absolute Gasteiger partial charge is 0.444 e. The fourth-order valence-corrected chi connectivity index (χ4v) is 4.20. The molecule has 0 aromatic carbocycles. The highest BCUT2D eigenvalue weighted by Crippen LogP contribution is 2.35. The molecule has 0 unspecified atom stereocenters. The summed E-state index contributed by atoms with van der Waals surface area (Å²) in [6.07, 6.45) is 2.59. The van der Waals surface area contributed by atoms with Gasteiger partial charge in [-0.15, -0.1) is 11.3 Å². The minimum Gasteiger partial charge on any atom is -0.444 e. The number of pyridine rings is 1. The SMILES string of the molecule is CN1CCc2nc(Nc3ncc4oc(C#N)cc4c3Br)sc2C1. The quantitative estimate of drug-likeness (QED) is 0.720. The van der Waals surface area contributed by atoms with Gasteiger partial charge in [0.2, 0.25) is 5.76 Å². The van der Waals surface area contributed by atoms with Gasteiger partial charge in [-0.1, -0.05) is 0 Å². The second kappa shape index (κ2) is 5.60. The summed E-state index contributed by atoms with van der Waals surface area (Å²) < 4.78 is 6.15. The van der Waals surface area contributed by atoms with Crippen LogP contribution < -0.4 is 5.32 Å². The Labute approximate surface area is 144 Å². The molecule has 8 heteroatoms. The van der Waals surface area contributed by atoms with Crippen LogP contribution in [0, 0.1) is 11.3 Å². The lowest BCUT2D eigenvalue weighted by molar-refractivity contribution is 0.314. The Morgan fingerprint density at radius 1 is 1.52 bits per heavy atom. The van der Waals surface area contributed by atoms with E-state index in [1.165, 1.54) is 10.6 Å². The van der Waals surface area contributed by atoms with Crippen molar-refractivity contribution in [1.29, 1.82) is 5.26 Å². The maximum absolute atomic E-state index is 8.94. The van der Waals surface area contributed by atoms with Crippen LogP contribution in [-0.2, 0) is 13.0 Å². The number of halogens is 1. The smallest absolute Gasteiger partial charge is 0.204 e. The summed E-state index contributed by atoms with van der Waals surface area (Å²) in [5.74, 6) is 0.939. The van der Waals surface area contributed by atoms with Crippen LogP contribution in [0.2, 0.25) is 0 Å². The second-order valence-electron chi connectivity index (χ2n) is 5.42. The fraction of sp³-hybridized carbons (Fsp3) is 0.267. The summed E-state index contributed by atoms with van der Waals surface area (Å²) >= 11 is 5.19. The first-order chi connectivity index (χ1) is 11.1. The van der Waals surface area contributed by atoms with Crippen LogP contribution in [-0.4, -0.2) is 28.5 Å². The van der Waals surface area contributed by atoms with Gasteiger partial charge in [0.1, 0.15) is 11.9 Å². The third-order valence-corrected chi connectivity index (χ3v) is 5.57. The number of aromatic nitrogens is 2. The molecule has 0 aliphatic carbocycles. The van der Waals surface area contributed by atoms with Crippen LogP contribution in [0.25, 0.3) is 11.0 Å². The minimum absolute atomic E-state index is 0.271. The van der Waals surface area contributed by atoms with Gasteiger partial charge >= 0.3 is 0 Å². The molecule has 23 heavy (non-hydrogen) atoms. The highest BCUT2D eigenvalue weighted by atomic mass is 79.9. The van der Waals surface area contributed by atoms with Gasteiger partial charge in [-0.25, -0.2) is 9.97 Å². The number of nitrogens with zero attached hydrogens (tertiary/aromatic N) is 4. The number of nitrogens with one attached hydrogen (secondary N) is 1. The summed E-state index contributed by atoms with van der Waals surface area (Å²) in [6.45, 7) is 1.98. The zero-order chi connectivity index (χ0) is 16.0. The van der Waals surface area contributed by atoms with Crippen LogP contribution in [0.15, 0.2) is 21.2 Å². The van der Waals surface area contributed by atoms with Crippen LogP contribution >= 0.6 is 27.3 Å². The molecule has 0 saturated carbocycles. The van der Waals surface area contributed by atoms with Crippen molar-refractivity contribution in [2.24, 2.45) is 0 Å². The average molecular weight is 390 g/mol. The molecule has 1 aliphatic heterocycles. The summed E-state index contributed by atoms with van der Waals surface area (Å²) in [7, 11) is 2.12. The van der Waals surface area contributed by atoms with Crippen LogP contribution in [0.3, 0.4) is 0 Å². The number of fused-ring (bicyclic) bond motifs is 2. The molecule has 4 rings (SSSR count). The maximum atomic E-state index is 8.94. The predicted octanol–water partition coefficient (Wildman–Crippen LogP) is 3.65. The van der Waals surface area contributed by atoms with Gasteiger partial charge < -0.3 is 14.6 Å². The molecule has 1 aliphatic rings. The monoisotopic (exact) mass is 389 g/mol. The van der Waals surface area contributed by atoms with Gasteiger partial charge in [0.25, 0.3) is 0 Å². The van der Waals surface area contributed by atoms with Crippen molar-refractivity contribution in [2.75, 3.05) is 18.9 Å². The van der Waals surface area contributed by atoms with Crippen LogP contribution in [0.1, 0.15) is 16.3 Å². The Morgan fingerprint density at radius 3 is 3.22 bits per heavy atom. The molecule has 0 saturated heterocycles. The molecular weight excluding hydrogens is 378 g/mol. The number of rotatable bonds is 2. The highest BCUT2D eigenvalue weighted by Gasteiger charge is 2.19. The average Bonchev–Trinajstić information content (AvgIpc) is 3.13. The highest BCUT2D eigenvalue weighted by molar-refractivity contribution is 9.10.